The maximum absolute atomic E-state index is 11.5. The second-order valence-corrected chi connectivity index (χ2v) is 3.95. The van der Waals surface area contributed by atoms with Crippen molar-refractivity contribution in [1.29, 1.82) is 0 Å². The first-order valence-corrected chi connectivity index (χ1v) is 5.07. The minimum absolute atomic E-state index is 0.119. The molecule has 0 spiro atoms. The van der Waals surface area contributed by atoms with E-state index in [9.17, 15) is 9.59 Å². The zero-order valence-corrected chi connectivity index (χ0v) is 9.57. The van der Waals surface area contributed by atoms with Crippen molar-refractivity contribution in [2.75, 3.05) is 5.32 Å². The molecule has 0 heterocycles. The van der Waals surface area contributed by atoms with Gasteiger partial charge in [-0.05, 0) is 18.6 Å². The molecule has 0 saturated heterocycles. The summed E-state index contributed by atoms with van der Waals surface area (Å²) in [5, 5.41) is 11.6. The van der Waals surface area contributed by atoms with E-state index >= 15 is 0 Å². The van der Waals surface area contributed by atoms with Crippen LogP contribution in [-0.2, 0) is 4.79 Å². The fraction of sp³-hybridized carbons (Fsp3) is 0.333. The summed E-state index contributed by atoms with van der Waals surface area (Å²) in [6.07, 6.45) is 0. The Kier molecular flexibility index (Phi) is 3.66. The van der Waals surface area contributed by atoms with Gasteiger partial charge in [0.1, 0.15) is 0 Å². The number of amides is 1. The van der Waals surface area contributed by atoms with Gasteiger partial charge in [0.15, 0.2) is 0 Å². The Morgan fingerprint density at radius 1 is 1.31 bits per heavy atom. The molecule has 0 unspecified atom stereocenters. The average Bonchev–Trinajstić information content (AvgIpc) is 2.20. The second kappa shape index (κ2) is 4.79. The first kappa shape index (κ1) is 12.2. The topological polar surface area (TPSA) is 66.4 Å². The van der Waals surface area contributed by atoms with Crippen LogP contribution in [0.4, 0.5) is 5.69 Å². The molecule has 2 N–H and O–H groups in total. The van der Waals surface area contributed by atoms with Gasteiger partial charge >= 0.3 is 5.97 Å². The van der Waals surface area contributed by atoms with Crippen molar-refractivity contribution < 1.29 is 14.7 Å². The van der Waals surface area contributed by atoms with Crippen molar-refractivity contribution in [2.24, 2.45) is 5.92 Å². The van der Waals surface area contributed by atoms with Crippen LogP contribution in [0.25, 0.3) is 0 Å². The normalized spacial score (nSPS) is 10.2. The number of benzene rings is 1. The van der Waals surface area contributed by atoms with Gasteiger partial charge in [-0.2, -0.15) is 0 Å². The predicted molar refractivity (Wildman–Crippen MR) is 61.6 cm³/mol. The number of carboxylic acids is 1. The fourth-order valence-corrected chi connectivity index (χ4v) is 1.28. The maximum atomic E-state index is 11.5. The first-order valence-electron chi connectivity index (χ1n) is 5.07. The van der Waals surface area contributed by atoms with Crippen LogP contribution in [0.1, 0.15) is 29.8 Å². The van der Waals surface area contributed by atoms with E-state index in [0.717, 1.165) is 5.56 Å². The highest BCUT2D eigenvalue weighted by molar-refractivity contribution is 6.01. The number of carboxylic acid groups (broad SMARTS) is 1. The Bertz CT molecular complexity index is 424. The zero-order valence-electron chi connectivity index (χ0n) is 9.57. The summed E-state index contributed by atoms with van der Waals surface area (Å²) in [5.41, 5.74) is 1.25. The lowest BCUT2D eigenvalue weighted by molar-refractivity contribution is -0.118. The van der Waals surface area contributed by atoms with Gasteiger partial charge in [-0.1, -0.05) is 26.0 Å². The van der Waals surface area contributed by atoms with E-state index in [1.54, 1.807) is 32.9 Å². The summed E-state index contributed by atoms with van der Waals surface area (Å²) in [6.45, 7) is 5.28. The standard InChI is InChI=1S/C12H15NO3/c1-7(2)11(14)13-10-8(3)5-4-6-9(10)12(15)16/h4-7H,1-3H3,(H,13,14)(H,15,16). The summed E-state index contributed by atoms with van der Waals surface area (Å²) in [4.78, 5) is 22.5. The van der Waals surface area contributed by atoms with Crippen LogP contribution in [0.5, 0.6) is 0 Å². The van der Waals surface area contributed by atoms with Crippen LogP contribution in [0.3, 0.4) is 0 Å². The van der Waals surface area contributed by atoms with Crippen LogP contribution in [0.15, 0.2) is 18.2 Å². The molecule has 0 aliphatic carbocycles. The predicted octanol–water partition coefficient (Wildman–Crippen LogP) is 2.29. The molecule has 0 aromatic heterocycles. The molecule has 0 bridgehead atoms. The molecule has 1 amide bonds. The summed E-state index contributed by atoms with van der Waals surface area (Å²) >= 11 is 0. The fourth-order valence-electron chi connectivity index (χ4n) is 1.28. The van der Waals surface area contributed by atoms with Crippen LogP contribution < -0.4 is 5.32 Å². The van der Waals surface area contributed by atoms with Crippen molar-refractivity contribution in [1.82, 2.24) is 0 Å². The van der Waals surface area contributed by atoms with Crippen molar-refractivity contribution >= 4 is 17.6 Å². The molecule has 0 atom stereocenters. The van der Waals surface area contributed by atoms with Crippen LogP contribution in [0.2, 0.25) is 0 Å². The van der Waals surface area contributed by atoms with Gasteiger partial charge < -0.3 is 10.4 Å². The third kappa shape index (κ3) is 2.59. The van der Waals surface area contributed by atoms with Crippen LogP contribution in [-0.4, -0.2) is 17.0 Å². The number of aromatic carboxylic acids is 1. The number of aryl methyl sites for hydroxylation is 1. The molecule has 0 radical (unpaired) electrons. The van der Waals surface area contributed by atoms with Gasteiger partial charge in [0.25, 0.3) is 0 Å². The first-order chi connectivity index (χ1) is 7.43. The van der Waals surface area contributed by atoms with Crippen molar-refractivity contribution in [3.05, 3.63) is 29.3 Å². The van der Waals surface area contributed by atoms with Gasteiger partial charge in [0.2, 0.25) is 5.91 Å². The van der Waals surface area contributed by atoms with Gasteiger partial charge in [0.05, 0.1) is 11.3 Å². The van der Waals surface area contributed by atoms with E-state index in [1.165, 1.54) is 6.07 Å². The highest BCUT2D eigenvalue weighted by Crippen LogP contribution is 2.21. The minimum atomic E-state index is -1.04. The summed E-state index contributed by atoms with van der Waals surface area (Å²) in [6, 6.07) is 4.90. The lowest BCUT2D eigenvalue weighted by atomic mass is 10.1. The lowest BCUT2D eigenvalue weighted by Gasteiger charge is -2.12. The highest BCUT2D eigenvalue weighted by atomic mass is 16.4. The average molecular weight is 221 g/mol. The van der Waals surface area contributed by atoms with Gasteiger partial charge in [-0.3, -0.25) is 4.79 Å². The van der Waals surface area contributed by atoms with Crippen molar-refractivity contribution in [3.63, 3.8) is 0 Å². The molecule has 4 nitrogen and oxygen atoms in total. The molecule has 86 valence electrons. The molecule has 0 saturated carbocycles. The number of carbonyl (C=O) groups excluding carboxylic acids is 1. The number of carbonyl (C=O) groups is 2. The third-order valence-corrected chi connectivity index (χ3v) is 2.28. The quantitative estimate of drug-likeness (QED) is 0.822. The van der Waals surface area contributed by atoms with E-state index in [4.69, 9.17) is 5.11 Å². The Labute approximate surface area is 94.3 Å². The van der Waals surface area contributed by atoms with Crippen molar-refractivity contribution in [3.8, 4) is 0 Å². The molecule has 1 rings (SSSR count). The number of nitrogens with one attached hydrogen (secondary N) is 1. The molecule has 0 fully saturated rings. The van der Waals surface area contributed by atoms with E-state index in [2.05, 4.69) is 5.32 Å². The molecule has 1 aromatic rings. The third-order valence-electron chi connectivity index (χ3n) is 2.28. The zero-order chi connectivity index (χ0) is 12.3. The monoisotopic (exact) mass is 221 g/mol. The van der Waals surface area contributed by atoms with E-state index < -0.39 is 5.97 Å². The molecule has 0 aliphatic rings. The smallest absolute Gasteiger partial charge is 0.337 e. The Morgan fingerprint density at radius 3 is 2.44 bits per heavy atom. The van der Waals surface area contributed by atoms with Gasteiger partial charge in [0, 0.05) is 5.92 Å². The summed E-state index contributed by atoms with van der Waals surface area (Å²) in [7, 11) is 0. The molecule has 1 aromatic carbocycles. The SMILES string of the molecule is Cc1cccc(C(=O)O)c1NC(=O)C(C)C. The molecule has 16 heavy (non-hydrogen) atoms. The largest absolute Gasteiger partial charge is 0.478 e. The van der Waals surface area contributed by atoms with E-state index in [1.807, 2.05) is 0 Å². The number of para-hydroxylation sites is 1. The van der Waals surface area contributed by atoms with Crippen LogP contribution >= 0.6 is 0 Å². The van der Waals surface area contributed by atoms with E-state index in [0.29, 0.717) is 5.69 Å². The Balaban J connectivity index is 3.11. The Hall–Kier alpha value is -1.84. The maximum Gasteiger partial charge on any atom is 0.337 e. The van der Waals surface area contributed by atoms with Crippen molar-refractivity contribution in [2.45, 2.75) is 20.8 Å². The Morgan fingerprint density at radius 2 is 1.94 bits per heavy atom. The molecule has 0 aliphatic heterocycles. The van der Waals surface area contributed by atoms with Gasteiger partial charge in [-0.25, -0.2) is 4.79 Å². The number of hydrogen-bond donors (Lipinski definition) is 2. The second-order valence-electron chi connectivity index (χ2n) is 3.95. The molecule has 4 heteroatoms. The van der Waals surface area contributed by atoms with E-state index in [-0.39, 0.29) is 17.4 Å². The summed E-state index contributed by atoms with van der Waals surface area (Å²) in [5.74, 6) is -1.40. The minimum Gasteiger partial charge on any atom is -0.478 e. The number of hydrogen-bond acceptors (Lipinski definition) is 2. The van der Waals surface area contributed by atoms with Gasteiger partial charge in [-0.15, -0.1) is 0 Å². The number of rotatable bonds is 3. The summed E-state index contributed by atoms with van der Waals surface area (Å²) < 4.78 is 0. The van der Waals surface area contributed by atoms with Crippen LogP contribution in [0, 0.1) is 12.8 Å². The molecular formula is C12H15NO3. The number of anilines is 1. The highest BCUT2D eigenvalue weighted by Gasteiger charge is 2.15. The molecular weight excluding hydrogens is 206 g/mol. The lowest BCUT2D eigenvalue weighted by Crippen LogP contribution is -2.20.